The van der Waals surface area contributed by atoms with Crippen molar-refractivity contribution >= 4 is 32.5 Å². The Bertz CT molecular complexity index is 792. The van der Waals surface area contributed by atoms with E-state index in [0.717, 1.165) is 15.6 Å². The van der Waals surface area contributed by atoms with E-state index in [4.69, 9.17) is 0 Å². The summed E-state index contributed by atoms with van der Waals surface area (Å²) in [6.45, 7) is 0. The van der Waals surface area contributed by atoms with Crippen LogP contribution in [0.25, 0.3) is 10.8 Å². The lowest BCUT2D eigenvalue weighted by Gasteiger charge is -2.04. The molecule has 0 amide bonds. The van der Waals surface area contributed by atoms with Crippen LogP contribution in [0, 0.1) is 0 Å². The molecule has 3 aromatic carbocycles. The molecule has 0 atom stereocenters. The van der Waals surface area contributed by atoms with Crippen LogP contribution in [0.2, 0.25) is 0 Å². The lowest BCUT2D eigenvalue weighted by atomic mass is 10.0. The van der Waals surface area contributed by atoms with Gasteiger partial charge >= 0.3 is 0 Å². The Balaban J connectivity index is 1.74. The largest absolute Gasteiger partial charge is 0.299 e. The molecule has 0 aliphatic heterocycles. The smallest absolute Gasteiger partial charge is 0.141 e. The first kappa shape index (κ1) is 14.0. The van der Waals surface area contributed by atoms with Gasteiger partial charge in [-0.2, -0.15) is 0 Å². The van der Waals surface area contributed by atoms with Crippen molar-refractivity contribution in [3.05, 3.63) is 82.3 Å². The zero-order chi connectivity index (χ0) is 14.7. The highest BCUT2D eigenvalue weighted by Gasteiger charge is 2.06. The molecular weight excluding hydrogens is 324 g/mol. The number of ketones is 1. The van der Waals surface area contributed by atoms with E-state index in [9.17, 15) is 4.79 Å². The Morgan fingerprint density at radius 2 is 1.48 bits per heavy atom. The van der Waals surface area contributed by atoms with E-state index in [-0.39, 0.29) is 5.78 Å². The summed E-state index contributed by atoms with van der Waals surface area (Å²) < 4.78 is 1.01. The molecule has 3 aromatic rings. The van der Waals surface area contributed by atoms with E-state index in [1.165, 1.54) is 10.8 Å². The highest BCUT2D eigenvalue weighted by molar-refractivity contribution is 9.10. The van der Waals surface area contributed by atoms with Gasteiger partial charge in [-0.25, -0.2) is 0 Å². The molecule has 0 spiro atoms. The van der Waals surface area contributed by atoms with Crippen LogP contribution in [-0.4, -0.2) is 5.78 Å². The van der Waals surface area contributed by atoms with Crippen LogP contribution >= 0.6 is 15.9 Å². The summed E-state index contributed by atoms with van der Waals surface area (Å²) in [5.74, 6) is 0.239. The van der Waals surface area contributed by atoms with Gasteiger partial charge in [0.25, 0.3) is 0 Å². The summed E-state index contributed by atoms with van der Waals surface area (Å²) in [5, 5.41) is 2.39. The number of rotatable bonds is 4. The van der Waals surface area contributed by atoms with Gasteiger partial charge < -0.3 is 0 Å². The van der Waals surface area contributed by atoms with Crippen LogP contribution in [0.15, 0.2) is 71.2 Å². The number of Topliss-reactive ketones (excluding diaryl/α,β-unsaturated/α-hetero) is 1. The van der Waals surface area contributed by atoms with Crippen molar-refractivity contribution < 1.29 is 4.79 Å². The van der Waals surface area contributed by atoms with Gasteiger partial charge in [-0.15, -0.1) is 0 Å². The third-order valence-electron chi connectivity index (χ3n) is 3.51. The average Bonchev–Trinajstić information content (AvgIpc) is 2.47. The fourth-order valence-corrected chi connectivity index (χ4v) is 2.96. The molecule has 0 fully saturated rings. The molecule has 0 N–H and O–H groups in total. The molecule has 21 heavy (non-hydrogen) atoms. The van der Waals surface area contributed by atoms with Crippen molar-refractivity contribution in [1.82, 2.24) is 0 Å². The summed E-state index contributed by atoms with van der Waals surface area (Å²) in [5.41, 5.74) is 2.13. The molecule has 3 rings (SSSR count). The van der Waals surface area contributed by atoms with Crippen LogP contribution in [0.3, 0.4) is 0 Å². The predicted molar refractivity (Wildman–Crippen MR) is 90.5 cm³/mol. The zero-order valence-corrected chi connectivity index (χ0v) is 13.1. The van der Waals surface area contributed by atoms with E-state index < -0.39 is 0 Å². The molecule has 2 heteroatoms. The first-order valence-electron chi connectivity index (χ1n) is 6.94. The number of hydrogen-bond donors (Lipinski definition) is 0. The fraction of sp³-hybridized carbons (Fsp3) is 0.105. The maximum atomic E-state index is 12.2. The Hall–Kier alpha value is -1.93. The van der Waals surface area contributed by atoms with E-state index in [1.54, 1.807) is 0 Å². The second kappa shape index (κ2) is 6.23. The fourth-order valence-electron chi connectivity index (χ4n) is 2.51. The summed E-state index contributed by atoms with van der Waals surface area (Å²) in [7, 11) is 0. The maximum Gasteiger partial charge on any atom is 0.141 e. The van der Waals surface area contributed by atoms with Gasteiger partial charge in [0.05, 0.1) is 0 Å². The maximum absolute atomic E-state index is 12.2. The van der Waals surface area contributed by atoms with Gasteiger partial charge in [-0.1, -0.05) is 70.5 Å². The van der Waals surface area contributed by atoms with Crippen LogP contribution in [0.1, 0.15) is 11.1 Å². The number of fused-ring (bicyclic) bond motifs is 1. The van der Waals surface area contributed by atoms with Gasteiger partial charge in [-0.05, 0) is 34.0 Å². The van der Waals surface area contributed by atoms with Crippen molar-refractivity contribution in [2.75, 3.05) is 0 Å². The van der Waals surface area contributed by atoms with E-state index >= 15 is 0 Å². The lowest BCUT2D eigenvalue weighted by Crippen LogP contribution is -2.06. The highest BCUT2D eigenvalue weighted by atomic mass is 79.9. The van der Waals surface area contributed by atoms with Gasteiger partial charge in [0.2, 0.25) is 0 Å². The Morgan fingerprint density at radius 1 is 0.762 bits per heavy atom. The first-order chi connectivity index (χ1) is 10.2. The van der Waals surface area contributed by atoms with Crippen molar-refractivity contribution in [2.24, 2.45) is 0 Å². The minimum Gasteiger partial charge on any atom is -0.299 e. The Morgan fingerprint density at radius 3 is 2.24 bits per heavy atom. The molecule has 0 saturated carbocycles. The van der Waals surface area contributed by atoms with Crippen molar-refractivity contribution in [3.63, 3.8) is 0 Å². The molecular formula is C19H15BrO. The van der Waals surface area contributed by atoms with E-state index in [0.29, 0.717) is 12.8 Å². The normalized spacial score (nSPS) is 10.7. The minimum absolute atomic E-state index is 0.239. The SMILES string of the molecule is O=C(Cc1cccc(Br)c1)Cc1ccc2ccccc2c1. The molecule has 0 heterocycles. The second-order valence-corrected chi connectivity index (χ2v) is 6.12. The highest BCUT2D eigenvalue weighted by Crippen LogP contribution is 2.17. The quantitative estimate of drug-likeness (QED) is 0.657. The molecule has 0 aromatic heterocycles. The molecule has 0 radical (unpaired) electrons. The summed E-state index contributed by atoms with van der Waals surface area (Å²) in [4.78, 5) is 12.2. The van der Waals surface area contributed by atoms with Crippen LogP contribution in [0.5, 0.6) is 0 Å². The standard InChI is InChI=1S/C19H15BrO/c20-18-7-3-4-14(11-18)12-19(21)13-15-8-9-16-5-1-2-6-17(16)10-15/h1-11H,12-13H2. The zero-order valence-electron chi connectivity index (χ0n) is 11.6. The number of carbonyl (C=O) groups is 1. The summed E-state index contributed by atoms with van der Waals surface area (Å²) >= 11 is 3.43. The van der Waals surface area contributed by atoms with Crippen LogP contribution in [0.4, 0.5) is 0 Å². The summed E-state index contributed by atoms with van der Waals surface area (Å²) in [6.07, 6.45) is 0.962. The van der Waals surface area contributed by atoms with Crippen molar-refractivity contribution in [2.45, 2.75) is 12.8 Å². The molecule has 104 valence electrons. The van der Waals surface area contributed by atoms with Crippen LogP contribution < -0.4 is 0 Å². The molecule has 0 unspecified atom stereocenters. The number of halogens is 1. The molecule has 0 aliphatic rings. The second-order valence-electron chi connectivity index (χ2n) is 5.20. The predicted octanol–water partition coefficient (Wildman–Crippen LogP) is 4.96. The van der Waals surface area contributed by atoms with Crippen molar-refractivity contribution in [1.29, 1.82) is 0 Å². The third kappa shape index (κ3) is 3.59. The van der Waals surface area contributed by atoms with Gasteiger partial charge in [-0.3, -0.25) is 4.79 Å². The molecule has 0 saturated heterocycles. The topological polar surface area (TPSA) is 17.1 Å². The number of benzene rings is 3. The average molecular weight is 339 g/mol. The first-order valence-corrected chi connectivity index (χ1v) is 7.74. The van der Waals surface area contributed by atoms with Gasteiger partial charge in [0, 0.05) is 17.3 Å². The Labute approximate surface area is 132 Å². The number of hydrogen-bond acceptors (Lipinski definition) is 1. The van der Waals surface area contributed by atoms with E-state index in [2.05, 4.69) is 40.2 Å². The molecule has 0 aliphatic carbocycles. The third-order valence-corrected chi connectivity index (χ3v) is 4.00. The van der Waals surface area contributed by atoms with Gasteiger partial charge in [0.15, 0.2) is 0 Å². The molecule has 0 bridgehead atoms. The van der Waals surface area contributed by atoms with E-state index in [1.807, 2.05) is 42.5 Å². The molecule has 1 nitrogen and oxygen atoms in total. The Kier molecular flexibility index (Phi) is 4.16. The monoisotopic (exact) mass is 338 g/mol. The number of carbonyl (C=O) groups excluding carboxylic acids is 1. The minimum atomic E-state index is 0.239. The van der Waals surface area contributed by atoms with Crippen LogP contribution in [-0.2, 0) is 17.6 Å². The summed E-state index contributed by atoms with van der Waals surface area (Å²) in [6, 6.07) is 22.4. The van der Waals surface area contributed by atoms with Crippen molar-refractivity contribution in [3.8, 4) is 0 Å². The lowest BCUT2D eigenvalue weighted by molar-refractivity contribution is -0.117. The van der Waals surface area contributed by atoms with Gasteiger partial charge in [0.1, 0.15) is 5.78 Å².